The number of benzene rings is 2. The smallest absolute Gasteiger partial charge is 0.319 e. The lowest BCUT2D eigenvalue weighted by molar-refractivity contribution is -0.140. The van der Waals surface area contributed by atoms with E-state index in [1.54, 1.807) is 54.1 Å². The van der Waals surface area contributed by atoms with Crippen LogP contribution in [-0.4, -0.2) is 39.2 Å². The normalized spacial score (nSPS) is 18.3. The molecular formula is C21H20FN3O4S. The maximum Gasteiger partial charge on any atom is 0.319 e. The number of methoxy groups -OCH3 is 1. The summed E-state index contributed by atoms with van der Waals surface area (Å²) < 4.78 is 32.3. The fourth-order valence-corrected chi connectivity index (χ4v) is 4.28. The molecule has 1 aromatic heterocycles. The van der Waals surface area contributed by atoms with Gasteiger partial charge >= 0.3 is 5.97 Å². The SMILES string of the molecule is COc1ccc(OCc2nnc(S[C@H]3C[C@H](C)OC3=O)n2-c2ccccc2F)cc1. The summed E-state index contributed by atoms with van der Waals surface area (Å²) in [5.74, 6) is 1.02. The molecule has 0 saturated carbocycles. The van der Waals surface area contributed by atoms with Gasteiger partial charge in [-0.3, -0.25) is 9.36 Å². The second-order valence-electron chi connectivity index (χ2n) is 6.74. The van der Waals surface area contributed by atoms with E-state index in [2.05, 4.69) is 10.2 Å². The predicted molar refractivity (Wildman–Crippen MR) is 108 cm³/mol. The van der Waals surface area contributed by atoms with Gasteiger partial charge in [0.2, 0.25) is 0 Å². The van der Waals surface area contributed by atoms with Gasteiger partial charge in [0.05, 0.1) is 12.8 Å². The first-order chi connectivity index (χ1) is 14.5. The van der Waals surface area contributed by atoms with Crippen molar-refractivity contribution in [3.63, 3.8) is 0 Å². The van der Waals surface area contributed by atoms with Crippen molar-refractivity contribution in [2.45, 2.75) is 36.5 Å². The molecule has 0 amide bonds. The summed E-state index contributed by atoms with van der Waals surface area (Å²) in [6.07, 6.45) is 0.406. The number of ether oxygens (including phenoxy) is 3. The number of nitrogens with zero attached hydrogens (tertiary/aromatic N) is 3. The van der Waals surface area contributed by atoms with E-state index in [1.807, 2.05) is 6.92 Å². The van der Waals surface area contributed by atoms with Crippen LogP contribution in [0.4, 0.5) is 4.39 Å². The lowest BCUT2D eigenvalue weighted by Gasteiger charge is -2.13. The monoisotopic (exact) mass is 429 g/mol. The van der Waals surface area contributed by atoms with Crippen molar-refractivity contribution >= 4 is 17.7 Å². The number of para-hydroxylation sites is 1. The number of esters is 1. The largest absolute Gasteiger partial charge is 0.497 e. The summed E-state index contributed by atoms with van der Waals surface area (Å²) in [6, 6.07) is 13.4. The summed E-state index contributed by atoms with van der Waals surface area (Å²) in [5.41, 5.74) is 0.290. The number of cyclic esters (lactones) is 1. The van der Waals surface area contributed by atoms with Crippen LogP contribution >= 0.6 is 11.8 Å². The Morgan fingerprint density at radius 3 is 2.57 bits per heavy atom. The molecule has 30 heavy (non-hydrogen) atoms. The Morgan fingerprint density at radius 2 is 1.90 bits per heavy atom. The molecule has 1 aliphatic rings. The molecule has 1 fully saturated rings. The number of aromatic nitrogens is 3. The molecule has 0 radical (unpaired) electrons. The van der Waals surface area contributed by atoms with E-state index >= 15 is 0 Å². The van der Waals surface area contributed by atoms with E-state index in [1.165, 1.54) is 17.8 Å². The average molecular weight is 429 g/mol. The maximum absolute atomic E-state index is 14.6. The Hall–Kier alpha value is -3.07. The molecule has 0 N–H and O–H groups in total. The summed E-state index contributed by atoms with van der Waals surface area (Å²) in [5, 5.41) is 8.38. The van der Waals surface area contributed by atoms with Gasteiger partial charge in [-0.05, 0) is 43.3 Å². The molecule has 7 nitrogen and oxygen atoms in total. The lowest BCUT2D eigenvalue weighted by atomic mass is 10.3. The highest BCUT2D eigenvalue weighted by molar-refractivity contribution is 8.00. The zero-order valence-corrected chi connectivity index (χ0v) is 17.3. The van der Waals surface area contributed by atoms with Crippen LogP contribution in [-0.2, 0) is 16.1 Å². The third kappa shape index (κ3) is 4.25. The van der Waals surface area contributed by atoms with Crippen LogP contribution in [0.2, 0.25) is 0 Å². The van der Waals surface area contributed by atoms with Crippen molar-refractivity contribution in [2.75, 3.05) is 7.11 Å². The molecule has 0 unspecified atom stereocenters. The van der Waals surface area contributed by atoms with Crippen molar-refractivity contribution in [3.8, 4) is 17.2 Å². The van der Waals surface area contributed by atoms with Crippen LogP contribution in [0, 0.1) is 5.82 Å². The van der Waals surface area contributed by atoms with Crippen LogP contribution in [0.3, 0.4) is 0 Å². The van der Waals surface area contributed by atoms with Gasteiger partial charge in [-0.2, -0.15) is 0 Å². The number of carbonyl (C=O) groups is 1. The molecule has 2 heterocycles. The van der Waals surface area contributed by atoms with E-state index in [4.69, 9.17) is 14.2 Å². The maximum atomic E-state index is 14.6. The first-order valence-electron chi connectivity index (χ1n) is 9.38. The standard InChI is InChI=1S/C21H20FN3O4S/c1-13-11-18(20(26)29-13)30-21-24-23-19(25(21)17-6-4-3-5-16(17)22)12-28-15-9-7-14(27-2)8-10-15/h3-10,13,18H,11-12H2,1-2H3/t13-,18-/m0/s1. The second-order valence-corrected chi connectivity index (χ2v) is 7.91. The quantitative estimate of drug-likeness (QED) is 0.529. The molecule has 2 atom stereocenters. The van der Waals surface area contributed by atoms with E-state index in [9.17, 15) is 9.18 Å². The fraction of sp³-hybridized carbons (Fsp3) is 0.286. The topological polar surface area (TPSA) is 75.5 Å². The molecule has 4 rings (SSSR count). The molecule has 9 heteroatoms. The highest BCUT2D eigenvalue weighted by Gasteiger charge is 2.34. The third-order valence-electron chi connectivity index (χ3n) is 4.60. The Morgan fingerprint density at radius 1 is 1.17 bits per heavy atom. The molecule has 0 bridgehead atoms. The first kappa shape index (κ1) is 20.2. The highest BCUT2D eigenvalue weighted by atomic mass is 32.2. The lowest BCUT2D eigenvalue weighted by Crippen LogP contribution is -2.13. The van der Waals surface area contributed by atoms with Gasteiger partial charge in [-0.1, -0.05) is 23.9 Å². The average Bonchev–Trinajstić information content (AvgIpc) is 3.29. The number of halogens is 1. The Bertz CT molecular complexity index is 1040. The highest BCUT2D eigenvalue weighted by Crippen LogP contribution is 2.33. The van der Waals surface area contributed by atoms with Crippen molar-refractivity contribution in [1.82, 2.24) is 14.8 Å². The summed E-state index contributed by atoms with van der Waals surface area (Å²) in [4.78, 5) is 12.1. The minimum atomic E-state index is -0.424. The minimum Gasteiger partial charge on any atom is -0.497 e. The van der Waals surface area contributed by atoms with Crippen molar-refractivity contribution in [2.24, 2.45) is 0 Å². The molecule has 156 valence electrons. The van der Waals surface area contributed by atoms with Crippen molar-refractivity contribution in [3.05, 3.63) is 60.2 Å². The number of rotatable bonds is 7. The second kappa shape index (κ2) is 8.74. The molecule has 0 spiro atoms. The molecule has 0 aliphatic carbocycles. The number of hydrogen-bond acceptors (Lipinski definition) is 7. The van der Waals surface area contributed by atoms with E-state index < -0.39 is 11.1 Å². The fourth-order valence-electron chi connectivity index (χ4n) is 3.11. The van der Waals surface area contributed by atoms with Gasteiger partial charge < -0.3 is 14.2 Å². The van der Waals surface area contributed by atoms with Crippen LogP contribution < -0.4 is 9.47 Å². The zero-order valence-electron chi connectivity index (χ0n) is 16.4. The predicted octanol–water partition coefficient (Wildman–Crippen LogP) is 3.79. The molecule has 1 saturated heterocycles. The van der Waals surface area contributed by atoms with Gasteiger partial charge in [0.25, 0.3) is 0 Å². The van der Waals surface area contributed by atoms with E-state index in [0.29, 0.717) is 28.9 Å². The van der Waals surface area contributed by atoms with E-state index in [0.717, 1.165) is 0 Å². The van der Waals surface area contributed by atoms with Gasteiger partial charge in [-0.15, -0.1) is 10.2 Å². The van der Waals surface area contributed by atoms with Gasteiger partial charge in [0, 0.05) is 6.42 Å². The Labute approximate surface area is 177 Å². The molecule has 3 aromatic rings. The summed E-state index contributed by atoms with van der Waals surface area (Å²) in [7, 11) is 1.59. The number of carbonyl (C=O) groups excluding carboxylic acids is 1. The van der Waals surface area contributed by atoms with Crippen LogP contribution in [0.15, 0.2) is 53.7 Å². The number of thioether (sulfide) groups is 1. The van der Waals surface area contributed by atoms with Gasteiger partial charge in [-0.25, -0.2) is 4.39 Å². The van der Waals surface area contributed by atoms with Crippen LogP contribution in [0.1, 0.15) is 19.2 Å². The Kier molecular flexibility index (Phi) is 5.89. The summed E-state index contributed by atoms with van der Waals surface area (Å²) >= 11 is 1.22. The molecule has 1 aliphatic heterocycles. The Balaban J connectivity index is 1.62. The minimum absolute atomic E-state index is 0.0692. The van der Waals surface area contributed by atoms with Crippen molar-refractivity contribution in [1.29, 1.82) is 0 Å². The molecule has 2 aromatic carbocycles. The first-order valence-corrected chi connectivity index (χ1v) is 10.3. The van der Waals surface area contributed by atoms with Crippen LogP contribution in [0.25, 0.3) is 5.69 Å². The summed E-state index contributed by atoms with van der Waals surface area (Å²) in [6.45, 7) is 1.91. The van der Waals surface area contributed by atoms with Gasteiger partial charge in [0.1, 0.15) is 35.3 Å². The van der Waals surface area contributed by atoms with Gasteiger partial charge in [0.15, 0.2) is 11.0 Å². The van der Waals surface area contributed by atoms with Crippen LogP contribution in [0.5, 0.6) is 11.5 Å². The van der Waals surface area contributed by atoms with Crippen molar-refractivity contribution < 1.29 is 23.4 Å². The van der Waals surface area contributed by atoms with E-state index in [-0.39, 0.29) is 24.4 Å². The number of hydrogen-bond donors (Lipinski definition) is 0. The molecular weight excluding hydrogens is 409 g/mol. The third-order valence-corrected chi connectivity index (χ3v) is 5.74. The zero-order chi connectivity index (χ0) is 21.1.